The summed E-state index contributed by atoms with van der Waals surface area (Å²) in [5, 5.41) is 0. The molecule has 3 heterocycles. The largest absolute Gasteiger partial charge is 0.455 e. The molecular formula is C18H17F5N4O3S. The minimum Gasteiger partial charge on any atom is -0.292 e. The van der Waals surface area contributed by atoms with E-state index in [0.29, 0.717) is 4.57 Å². The molecule has 0 aliphatic carbocycles. The van der Waals surface area contributed by atoms with E-state index in [1.165, 1.54) is 38.2 Å². The van der Waals surface area contributed by atoms with Crippen LogP contribution in [0.4, 0.5) is 22.0 Å². The fourth-order valence-electron chi connectivity index (χ4n) is 3.08. The minimum absolute atomic E-state index is 0.0188. The number of halogens is 5. The van der Waals surface area contributed by atoms with E-state index in [1.807, 2.05) is 0 Å². The third-order valence-corrected chi connectivity index (χ3v) is 6.48. The lowest BCUT2D eigenvalue weighted by Crippen LogP contribution is -2.42. The molecule has 0 unspecified atom stereocenters. The molecule has 0 aliphatic heterocycles. The monoisotopic (exact) mass is 464 g/mol. The highest BCUT2D eigenvalue weighted by atomic mass is 32.2. The zero-order valence-electron chi connectivity index (χ0n) is 16.3. The highest BCUT2D eigenvalue weighted by Crippen LogP contribution is 2.37. The SMILES string of the molecule is CCn1c(=O)n(CC(F)(F)C(F)(F)F)c2cnc(-c3ncccc3S(=O)(=O)CC)cc21. The Morgan fingerprint density at radius 1 is 1.03 bits per heavy atom. The predicted octanol–water partition coefficient (Wildman–Crippen LogP) is 3.27. The molecule has 3 rings (SSSR count). The first kappa shape index (κ1) is 22.8. The standard InChI is InChI=1S/C18H17F5N4O3S/c1-3-26-12-8-11(15-14(6-5-7-24-15)31(29,30)4-2)25-9-13(12)27(16(26)28)10-17(19,20)18(21,22)23/h5-9H,3-4,10H2,1-2H3. The molecule has 0 aromatic carbocycles. The Morgan fingerprint density at radius 3 is 2.29 bits per heavy atom. The van der Waals surface area contributed by atoms with Crippen molar-refractivity contribution in [2.24, 2.45) is 0 Å². The minimum atomic E-state index is -5.84. The van der Waals surface area contributed by atoms with Gasteiger partial charge in [0.2, 0.25) is 0 Å². The summed E-state index contributed by atoms with van der Waals surface area (Å²) in [6.07, 6.45) is -3.54. The Balaban J connectivity index is 2.24. The van der Waals surface area contributed by atoms with Crippen LogP contribution in [0.1, 0.15) is 13.8 Å². The van der Waals surface area contributed by atoms with Gasteiger partial charge in [-0.25, -0.2) is 13.2 Å². The molecule has 168 valence electrons. The number of fused-ring (bicyclic) bond motifs is 1. The van der Waals surface area contributed by atoms with Crippen molar-refractivity contribution < 1.29 is 30.4 Å². The number of aryl methyl sites for hydroxylation is 1. The first-order valence-electron chi connectivity index (χ1n) is 9.05. The van der Waals surface area contributed by atoms with Crippen LogP contribution in [-0.2, 0) is 22.9 Å². The average Bonchev–Trinajstić information content (AvgIpc) is 2.97. The van der Waals surface area contributed by atoms with Gasteiger partial charge in [-0.05, 0) is 25.1 Å². The molecule has 31 heavy (non-hydrogen) atoms. The first-order chi connectivity index (χ1) is 14.3. The predicted molar refractivity (Wildman–Crippen MR) is 102 cm³/mol. The topological polar surface area (TPSA) is 86.8 Å². The van der Waals surface area contributed by atoms with Crippen molar-refractivity contribution in [3.05, 3.63) is 41.1 Å². The summed E-state index contributed by atoms with van der Waals surface area (Å²) >= 11 is 0. The smallest absolute Gasteiger partial charge is 0.292 e. The van der Waals surface area contributed by atoms with Gasteiger partial charge in [-0.2, -0.15) is 22.0 Å². The van der Waals surface area contributed by atoms with Crippen molar-refractivity contribution >= 4 is 20.9 Å². The van der Waals surface area contributed by atoms with Crippen molar-refractivity contribution in [1.29, 1.82) is 0 Å². The third-order valence-electron chi connectivity index (χ3n) is 4.72. The van der Waals surface area contributed by atoms with Crippen LogP contribution < -0.4 is 5.69 Å². The van der Waals surface area contributed by atoms with Gasteiger partial charge in [-0.15, -0.1) is 0 Å². The second-order valence-corrected chi connectivity index (χ2v) is 8.87. The molecule has 0 aliphatic rings. The summed E-state index contributed by atoms with van der Waals surface area (Å²) in [5.74, 6) is -5.35. The van der Waals surface area contributed by atoms with Gasteiger partial charge < -0.3 is 0 Å². The Hall–Kier alpha value is -2.83. The molecule has 0 saturated heterocycles. The zero-order chi connectivity index (χ0) is 23.2. The molecule has 3 aromatic heterocycles. The van der Waals surface area contributed by atoms with Crippen LogP contribution in [0.3, 0.4) is 0 Å². The van der Waals surface area contributed by atoms with E-state index < -0.39 is 34.2 Å². The molecular weight excluding hydrogens is 447 g/mol. The molecule has 0 N–H and O–H groups in total. The first-order valence-corrected chi connectivity index (χ1v) is 10.7. The Kier molecular flexibility index (Phi) is 5.67. The molecule has 0 fully saturated rings. The van der Waals surface area contributed by atoms with Gasteiger partial charge in [-0.1, -0.05) is 6.92 Å². The molecule has 0 atom stereocenters. The van der Waals surface area contributed by atoms with E-state index in [2.05, 4.69) is 9.97 Å². The van der Waals surface area contributed by atoms with Gasteiger partial charge >= 0.3 is 17.8 Å². The van der Waals surface area contributed by atoms with Gasteiger partial charge in [-0.3, -0.25) is 19.1 Å². The highest BCUT2D eigenvalue weighted by molar-refractivity contribution is 7.91. The molecule has 3 aromatic rings. The van der Waals surface area contributed by atoms with E-state index in [-0.39, 0.29) is 39.6 Å². The number of hydrogen-bond acceptors (Lipinski definition) is 5. The maximum absolute atomic E-state index is 13.6. The summed E-state index contributed by atoms with van der Waals surface area (Å²) in [6.45, 7) is 1.03. The summed E-state index contributed by atoms with van der Waals surface area (Å²) < 4.78 is 91.3. The lowest BCUT2D eigenvalue weighted by atomic mass is 10.2. The van der Waals surface area contributed by atoms with Crippen LogP contribution in [0.5, 0.6) is 0 Å². The van der Waals surface area contributed by atoms with Gasteiger partial charge in [0.25, 0.3) is 0 Å². The van der Waals surface area contributed by atoms with Gasteiger partial charge in [0.1, 0.15) is 12.2 Å². The third kappa shape index (κ3) is 3.93. The van der Waals surface area contributed by atoms with Crippen LogP contribution >= 0.6 is 0 Å². The second kappa shape index (κ2) is 7.70. The summed E-state index contributed by atoms with van der Waals surface area (Å²) in [6, 6.07) is 4.00. The number of nitrogens with zero attached hydrogens (tertiary/aromatic N) is 4. The van der Waals surface area contributed by atoms with Gasteiger partial charge in [0, 0.05) is 12.7 Å². The number of aromatic nitrogens is 4. The fourth-order valence-corrected chi connectivity index (χ4v) is 4.13. The lowest BCUT2D eigenvalue weighted by Gasteiger charge is -2.19. The quantitative estimate of drug-likeness (QED) is 0.523. The van der Waals surface area contributed by atoms with Gasteiger partial charge in [0.05, 0.1) is 33.6 Å². The Morgan fingerprint density at radius 2 is 1.71 bits per heavy atom. The van der Waals surface area contributed by atoms with Crippen molar-refractivity contribution in [2.75, 3.05) is 5.75 Å². The van der Waals surface area contributed by atoms with E-state index in [9.17, 15) is 35.2 Å². The molecule has 0 amide bonds. The normalized spacial score (nSPS) is 13.1. The maximum Gasteiger partial charge on any atom is 0.455 e. The zero-order valence-corrected chi connectivity index (χ0v) is 17.1. The fraction of sp³-hybridized carbons (Fsp3) is 0.389. The molecule has 13 heteroatoms. The Bertz CT molecular complexity index is 1300. The van der Waals surface area contributed by atoms with Crippen molar-refractivity contribution in [2.45, 2.75) is 43.9 Å². The molecule has 0 radical (unpaired) electrons. The number of hydrogen-bond donors (Lipinski definition) is 0. The van der Waals surface area contributed by atoms with Crippen LogP contribution in [0.25, 0.3) is 22.4 Å². The van der Waals surface area contributed by atoms with Crippen LogP contribution in [0.15, 0.2) is 40.3 Å². The Labute approximate surface area is 173 Å². The second-order valence-electron chi connectivity index (χ2n) is 6.63. The van der Waals surface area contributed by atoms with Crippen LogP contribution in [0, 0.1) is 0 Å². The van der Waals surface area contributed by atoms with Crippen molar-refractivity contribution in [3.63, 3.8) is 0 Å². The molecule has 0 saturated carbocycles. The van der Waals surface area contributed by atoms with Gasteiger partial charge in [0.15, 0.2) is 9.84 Å². The lowest BCUT2D eigenvalue weighted by molar-refractivity contribution is -0.286. The average molecular weight is 464 g/mol. The molecule has 7 nitrogen and oxygen atoms in total. The van der Waals surface area contributed by atoms with E-state index in [4.69, 9.17) is 0 Å². The molecule has 0 bridgehead atoms. The maximum atomic E-state index is 13.6. The van der Waals surface area contributed by atoms with Crippen LogP contribution in [-0.4, -0.2) is 45.4 Å². The number of rotatable bonds is 6. The number of pyridine rings is 2. The van der Waals surface area contributed by atoms with E-state index in [1.54, 1.807) is 0 Å². The number of imidazole rings is 1. The summed E-state index contributed by atoms with van der Waals surface area (Å²) in [5.41, 5.74) is -1.27. The summed E-state index contributed by atoms with van der Waals surface area (Å²) in [7, 11) is -3.69. The highest BCUT2D eigenvalue weighted by Gasteiger charge is 2.58. The van der Waals surface area contributed by atoms with Crippen LogP contribution in [0.2, 0.25) is 0 Å². The number of alkyl halides is 5. The van der Waals surface area contributed by atoms with E-state index in [0.717, 1.165) is 10.8 Å². The molecule has 0 spiro atoms. The number of sulfone groups is 1. The van der Waals surface area contributed by atoms with E-state index >= 15 is 0 Å². The van der Waals surface area contributed by atoms with Crippen molar-refractivity contribution in [1.82, 2.24) is 19.1 Å². The summed E-state index contributed by atoms with van der Waals surface area (Å²) in [4.78, 5) is 20.5. The van der Waals surface area contributed by atoms with Crippen molar-refractivity contribution in [3.8, 4) is 11.4 Å².